The molecule has 1 aliphatic heterocycles. The van der Waals surface area contributed by atoms with E-state index < -0.39 is 14.8 Å². The third-order valence-electron chi connectivity index (χ3n) is 4.12. The fourth-order valence-corrected chi connectivity index (χ4v) is 3.50. The van der Waals surface area contributed by atoms with Gasteiger partial charge in [-0.25, -0.2) is 8.42 Å². The van der Waals surface area contributed by atoms with Crippen molar-refractivity contribution in [3.63, 3.8) is 0 Å². The zero-order chi connectivity index (χ0) is 17.5. The Labute approximate surface area is 140 Å². The molecule has 0 atom stereocenters. The van der Waals surface area contributed by atoms with Crippen molar-refractivity contribution in [1.29, 1.82) is 0 Å². The van der Waals surface area contributed by atoms with E-state index in [1.807, 2.05) is 25.2 Å². The van der Waals surface area contributed by atoms with Gasteiger partial charge in [-0.15, -0.1) is 0 Å². The first-order valence-electron chi connectivity index (χ1n) is 7.36. The highest BCUT2D eigenvalue weighted by Gasteiger charge is 2.22. The van der Waals surface area contributed by atoms with Crippen LogP contribution in [0.5, 0.6) is 0 Å². The normalized spacial score (nSPS) is 13.7. The molecule has 0 amide bonds. The van der Waals surface area contributed by atoms with Crippen molar-refractivity contribution in [3.8, 4) is 0 Å². The second kappa shape index (κ2) is 5.79. The number of benzene rings is 2. The summed E-state index contributed by atoms with van der Waals surface area (Å²) >= 11 is 0. The average molecular weight is 347 g/mol. The number of anilines is 3. The zero-order valence-electron chi connectivity index (χ0n) is 13.3. The van der Waals surface area contributed by atoms with Gasteiger partial charge in [0.1, 0.15) is 5.69 Å². The zero-order valence-corrected chi connectivity index (χ0v) is 14.1. The molecule has 0 saturated heterocycles. The lowest BCUT2D eigenvalue weighted by molar-refractivity contribution is -0.384. The largest absolute Gasteiger partial charge is 0.374 e. The monoisotopic (exact) mass is 347 g/mol. The molecule has 0 aliphatic carbocycles. The Morgan fingerprint density at radius 2 is 1.96 bits per heavy atom. The van der Waals surface area contributed by atoms with Crippen LogP contribution in [0.25, 0.3) is 0 Å². The van der Waals surface area contributed by atoms with Crippen LogP contribution in [0.2, 0.25) is 0 Å². The molecule has 0 aromatic heterocycles. The smallest absolute Gasteiger partial charge is 0.293 e. The summed E-state index contributed by atoms with van der Waals surface area (Å²) in [7, 11) is -1.51. The van der Waals surface area contributed by atoms with Crippen LogP contribution < -0.4 is 10.2 Å². The van der Waals surface area contributed by atoms with Crippen LogP contribution in [-0.4, -0.2) is 33.2 Å². The predicted octanol–water partition coefficient (Wildman–Crippen LogP) is 2.73. The molecule has 0 saturated carbocycles. The van der Waals surface area contributed by atoms with Crippen LogP contribution in [0, 0.1) is 10.1 Å². The number of nitro benzene ring substituents is 1. The van der Waals surface area contributed by atoms with Crippen molar-refractivity contribution in [3.05, 3.63) is 52.1 Å². The van der Waals surface area contributed by atoms with Crippen LogP contribution in [0.4, 0.5) is 22.7 Å². The number of hydrogen-bond donors (Lipinski definition) is 1. The topological polar surface area (TPSA) is 92.6 Å². The second-order valence-electron chi connectivity index (χ2n) is 5.81. The van der Waals surface area contributed by atoms with Gasteiger partial charge in [-0.1, -0.05) is 6.07 Å². The van der Waals surface area contributed by atoms with Gasteiger partial charge in [-0.05, 0) is 30.7 Å². The molecule has 3 rings (SSSR count). The minimum atomic E-state index is -3.50. The van der Waals surface area contributed by atoms with Crippen LogP contribution in [0.15, 0.2) is 41.3 Å². The van der Waals surface area contributed by atoms with Crippen LogP contribution in [0.3, 0.4) is 0 Å². The van der Waals surface area contributed by atoms with Crippen molar-refractivity contribution in [2.75, 3.05) is 30.1 Å². The van der Waals surface area contributed by atoms with Gasteiger partial charge >= 0.3 is 0 Å². The van der Waals surface area contributed by atoms with Crippen LogP contribution in [0.1, 0.15) is 5.56 Å². The average Bonchev–Trinajstić information content (AvgIpc) is 2.89. The molecular formula is C16H17N3O4S. The molecule has 1 aliphatic rings. The summed E-state index contributed by atoms with van der Waals surface area (Å²) in [5, 5.41) is 14.4. The fraction of sp³-hybridized carbons (Fsp3) is 0.250. The lowest BCUT2D eigenvalue weighted by Gasteiger charge is -2.14. The minimum absolute atomic E-state index is 0.0715. The molecule has 2 aromatic carbocycles. The van der Waals surface area contributed by atoms with Gasteiger partial charge in [0.15, 0.2) is 9.84 Å². The highest BCUT2D eigenvalue weighted by Crippen LogP contribution is 2.36. The maximum Gasteiger partial charge on any atom is 0.293 e. The van der Waals surface area contributed by atoms with Gasteiger partial charge < -0.3 is 10.2 Å². The number of likely N-dealkylation sites (N-methyl/N-ethyl adjacent to an activating group) is 1. The molecule has 0 fully saturated rings. The van der Waals surface area contributed by atoms with E-state index in [2.05, 4.69) is 10.2 Å². The number of fused-ring (bicyclic) bond motifs is 1. The maximum atomic E-state index is 11.6. The van der Waals surface area contributed by atoms with Crippen LogP contribution >= 0.6 is 0 Å². The highest BCUT2D eigenvalue weighted by molar-refractivity contribution is 7.90. The van der Waals surface area contributed by atoms with Gasteiger partial charge in [0.05, 0.1) is 9.82 Å². The Hall–Kier alpha value is -2.61. The third-order valence-corrected chi connectivity index (χ3v) is 5.23. The van der Waals surface area contributed by atoms with Gasteiger partial charge in [0.2, 0.25) is 0 Å². The van der Waals surface area contributed by atoms with E-state index in [4.69, 9.17) is 0 Å². The van der Waals surface area contributed by atoms with Crippen molar-refractivity contribution in [2.45, 2.75) is 11.3 Å². The van der Waals surface area contributed by atoms with E-state index in [1.54, 1.807) is 0 Å². The van der Waals surface area contributed by atoms with Gasteiger partial charge in [0.25, 0.3) is 5.69 Å². The summed E-state index contributed by atoms with van der Waals surface area (Å²) in [4.78, 5) is 12.8. The fourth-order valence-electron chi connectivity index (χ4n) is 2.86. The molecule has 0 bridgehead atoms. The Balaban J connectivity index is 2.04. The number of hydrogen-bond acceptors (Lipinski definition) is 6. The lowest BCUT2D eigenvalue weighted by atomic mass is 10.1. The molecule has 2 aromatic rings. The molecule has 126 valence electrons. The van der Waals surface area contributed by atoms with E-state index >= 15 is 0 Å². The predicted molar refractivity (Wildman–Crippen MR) is 92.9 cm³/mol. The third kappa shape index (κ3) is 2.92. The van der Waals surface area contributed by atoms with Crippen molar-refractivity contribution >= 4 is 32.6 Å². The molecular weight excluding hydrogens is 330 g/mol. The van der Waals surface area contributed by atoms with Gasteiger partial charge in [0, 0.05) is 42.9 Å². The summed E-state index contributed by atoms with van der Waals surface area (Å²) in [5.74, 6) is 0. The number of rotatable bonds is 4. The van der Waals surface area contributed by atoms with Crippen molar-refractivity contribution in [2.24, 2.45) is 0 Å². The summed E-state index contributed by atoms with van der Waals surface area (Å²) in [6, 6.07) is 9.67. The summed E-state index contributed by atoms with van der Waals surface area (Å²) in [6.07, 6.45) is 1.88. The Morgan fingerprint density at radius 1 is 1.21 bits per heavy atom. The van der Waals surface area contributed by atoms with E-state index in [0.717, 1.165) is 42.2 Å². The SMILES string of the molecule is CN1CCc2c(Nc3ccc(S(C)(=O)=O)cc3[N+](=O)[O-])cccc21. The van der Waals surface area contributed by atoms with Crippen LogP contribution in [-0.2, 0) is 16.3 Å². The van der Waals surface area contributed by atoms with E-state index in [1.165, 1.54) is 12.1 Å². The first-order valence-corrected chi connectivity index (χ1v) is 9.25. The molecule has 24 heavy (non-hydrogen) atoms. The van der Waals surface area contributed by atoms with Crippen molar-refractivity contribution in [1.82, 2.24) is 0 Å². The minimum Gasteiger partial charge on any atom is -0.374 e. The number of nitrogens with one attached hydrogen (secondary N) is 1. The molecule has 7 nitrogen and oxygen atoms in total. The molecule has 1 heterocycles. The standard InChI is InChI=1S/C16H17N3O4S/c1-18-9-8-12-13(4-3-5-15(12)18)17-14-7-6-11(24(2,22)23)10-16(14)19(20)21/h3-7,10,17H,8-9H2,1-2H3. The maximum absolute atomic E-state index is 11.6. The first-order chi connectivity index (χ1) is 11.3. The van der Waals surface area contributed by atoms with Gasteiger partial charge in [-0.3, -0.25) is 10.1 Å². The molecule has 1 N–H and O–H groups in total. The quantitative estimate of drug-likeness (QED) is 0.675. The Bertz CT molecular complexity index is 925. The van der Waals surface area contributed by atoms with E-state index in [0.29, 0.717) is 0 Å². The Morgan fingerprint density at radius 3 is 2.62 bits per heavy atom. The number of sulfone groups is 1. The second-order valence-corrected chi connectivity index (χ2v) is 7.82. The summed E-state index contributed by atoms with van der Waals surface area (Å²) in [5.41, 5.74) is 3.00. The van der Waals surface area contributed by atoms with E-state index in [9.17, 15) is 18.5 Å². The summed E-state index contributed by atoms with van der Waals surface area (Å²) in [6.45, 7) is 0.892. The van der Waals surface area contributed by atoms with E-state index in [-0.39, 0.29) is 16.3 Å². The molecule has 0 spiro atoms. The number of nitro groups is 1. The molecule has 8 heteroatoms. The summed E-state index contributed by atoms with van der Waals surface area (Å²) < 4.78 is 23.2. The lowest BCUT2D eigenvalue weighted by Crippen LogP contribution is -2.12. The highest BCUT2D eigenvalue weighted by atomic mass is 32.2. The molecule has 0 unspecified atom stereocenters. The van der Waals surface area contributed by atoms with Crippen molar-refractivity contribution < 1.29 is 13.3 Å². The Kier molecular flexibility index (Phi) is 3.92. The van der Waals surface area contributed by atoms with Gasteiger partial charge in [-0.2, -0.15) is 0 Å². The molecule has 0 radical (unpaired) electrons. The first kappa shape index (κ1) is 16.3. The number of nitrogens with zero attached hydrogens (tertiary/aromatic N) is 2.